The second kappa shape index (κ2) is 6.12. The minimum Gasteiger partial charge on any atom is -0.493 e. The van der Waals surface area contributed by atoms with Crippen molar-refractivity contribution < 1.29 is 23.8 Å². The number of benzene rings is 2. The lowest BCUT2D eigenvalue weighted by Gasteiger charge is -2.13. The maximum Gasteiger partial charge on any atom is 0.337 e. The van der Waals surface area contributed by atoms with Crippen LogP contribution in [0.15, 0.2) is 30.3 Å². The van der Waals surface area contributed by atoms with Crippen LogP contribution in [-0.4, -0.2) is 32.2 Å². The van der Waals surface area contributed by atoms with Crippen molar-refractivity contribution in [3.63, 3.8) is 0 Å². The highest BCUT2D eigenvalue weighted by molar-refractivity contribution is 6.08. The van der Waals surface area contributed by atoms with Crippen molar-refractivity contribution in [3.05, 3.63) is 52.6 Å². The number of fused-ring (bicyclic) bond motifs is 2. The van der Waals surface area contributed by atoms with Crippen LogP contribution in [0.2, 0.25) is 0 Å². The summed E-state index contributed by atoms with van der Waals surface area (Å²) in [5.74, 6) is 0.789. The number of hydrogen-bond acceptors (Lipinski definition) is 5. The van der Waals surface area contributed by atoms with E-state index in [0.29, 0.717) is 42.2 Å². The maximum absolute atomic E-state index is 12.9. The number of ether oxygens (including phenoxy) is 3. The zero-order valence-corrected chi connectivity index (χ0v) is 13.8. The van der Waals surface area contributed by atoms with Crippen LogP contribution in [0, 0.1) is 0 Å². The maximum atomic E-state index is 12.9. The van der Waals surface area contributed by atoms with Gasteiger partial charge < -0.3 is 19.5 Å². The van der Waals surface area contributed by atoms with Gasteiger partial charge in [-0.05, 0) is 30.3 Å². The average molecular weight is 339 g/mol. The van der Waals surface area contributed by atoms with Gasteiger partial charge in [0.15, 0.2) is 0 Å². The number of amides is 1. The van der Waals surface area contributed by atoms with E-state index in [0.717, 1.165) is 23.3 Å². The molecule has 6 heteroatoms. The van der Waals surface area contributed by atoms with Crippen molar-refractivity contribution in [1.29, 1.82) is 0 Å². The van der Waals surface area contributed by atoms with Gasteiger partial charge in [-0.1, -0.05) is 0 Å². The van der Waals surface area contributed by atoms with Gasteiger partial charge in [0.05, 0.1) is 31.5 Å². The molecule has 4 rings (SSSR count). The number of carbonyl (C=O) groups is 2. The first-order valence-corrected chi connectivity index (χ1v) is 8.11. The SMILES string of the molecule is COC(=O)c1ccc(NC(=O)c2c3c(cc4c2OCC4)OCC3)cc1. The molecule has 0 aliphatic carbocycles. The van der Waals surface area contributed by atoms with E-state index in [1.165, 1.54) is 7.11 Å². The predicted octanol–water partition coefficient (Wildman–Crippen LogP) is 2.60. The summed E-state index contributed by atoms with van der Waals surface area (Å²) in [5.41, 5.74) is 3.48. The number of methoxy groups -OCH3 is 1. The second-order valence-electron chi connectivity index (χ2n) is 5.94. The summed E-state index contributed by atoms with van der Waals surface area (Å²) in [6.07, 6.45) is 1.47. The summed E-state index contributed by atoms with van der Waals surface area (Å²) >= 11 is 0. The minimum absolute atomic E-state index is 0.230. The Morgan fingerprint density at radius 3 is 2.60 bits per heavy atom. The molecule has 128 valence electrons. The fourth-order valence-electron chi connectivity index (χ4n) is 3.23. The minimum atomic E-state index is -0.415. The molecule has 2 heterocycles. The molecule has 0 unspecified atom stereocenters. The lowest BCUT2D eigenvalue weighted by molar-refractivity contribution is 0.0600. The molecular weight excluding hydrogens is 322 g/mol. The summed E-state index contributed by atoms with van der Waals surface area (Å²) in [4.78, 5) is 24.4. The standard InChI is InChI=1S/C19H17NO5/c1-23-19(22)11-2-4-13(5-3-11)20-18(21)16-14-7-9-24-15(14)10-12-6-8-25-17(12)16/h2-5,10H,6-9H2,1H3,(H,20,21). The van der Waals surface area contributed by atoms with E-state index in [2.05, 4.69) is 10.1 Å². The molecule has 2 aromatic carbocycles. The molecule has 25 heavy (non-hydrogen) atoms. The lowest BCUT2D eigenvalue weighted by atomic mass is 9.99. The Morgan fingerprint density at radius 2 is 1.84 bits per heavy atom. The van der Waals surface area contributed by atoms with Gasteiger partial charge in [-0.2, -0.15) is 0 Å². The normalized spacial score (nSPS) is 14.1. The van der Waals surface area contributed by atoms with Gasteiger partial charge in [0.25, 0.3) is 5.91 Å². The van der Waals surface area contributed by atoms with E-state index in [1.807, 2.05) is 6.07 Å². The van der Waals surface area contributed by atoms with E-state index in [9.17, 15) is 9.59 Å². The van der Waals surface area contributed by atoms with Crippen LogP contribution in [0.25, 0.3) is 0 Å². The van der Waals surface area contributed by atoms with E-state index < -0.39 is 5.97 Å². The zero-order chi connectivity index (χ0) is 17.4. The van der Waals surface area contributed by atoms with Crippen LogP contribution in [0.3, 0.4) is 0 Å². The Balaban J connectivity index is 1.63. The highest BCUT2D eigenvalue weighted by atomic mass is 16.5. The van der Waals surface area contributed by atoms with Crippen molar-refractivity contribution >= 4 is 17.6 Å². The Morgan fingerprint density at radius 1 is 1.08 bits per heavy atom. The Hall–Kier alpha value is -3.02. The third-order valence-electron chi connectivity index (χ3n) is 4.44. The first-order chi connectivity index (χ1) is 12.2. The average Bonchev–Trinajstić information content (AvgIpc) is 3.28. The van der Waals surface area contributed by atoms with Crippen molar-refractivity contribution in [2.24, 2.45) is 0 Å². The topological polar surface area (TPSA) is 73.9 Å². The molecule has 0 saturated heterocycles. The van der Waals surface area contributed by atoms with Gasteiger partial charge in [0.1, 0.15) is 11.5 Å². The van der Waals surface area contributed by atoms with Gasteiger partial charge in [-0.3, -0.25) is 4.79 Å². The van der Waals surface area contributed by atoms with Gasteiger partial charge in [0, 0.05) is 29.7 Å². The predicted molar refractivity (Wildman–Crippen MR) is 90.6 cm³/mol. The fourth-order valence-corrected chi connectivity index (χ4v) is 3.23. The van der Waals surface area contributed by atoms with Gasteiger partial charge in [-0.15, -0.1) is 0 Å². The molecule has 2 aromatic rings. The largest absolute Gasteiger partial charge is 0.493 e. The summed E-state index contributed by atoms with van der Waals surface area (Å²) in [5, 5.41) is 2.88. The number of rotatable bonds is 3. The van der Waals surface area contributed by atoms with Crippen molar-refractivity contribution in [2.75, 3.05) is 25.6 Å². The molecule has 6 nitrogen and oxygen atoms in total. The molecule has 1 N–H and O–H groups in total. The summed E-state index contributed by atoms with van der Waals surface area (Å²) in [6.45, 7) is 1.15. The van der Waals surface area contributed by atoms with Crippen LogP contribution < -0.4 is 14.8 Å². The van der Waals surface area contributed by atoms with E-state index in [1.54, 1.807) is 24.3 Å². The highest BCUT2D eigenvalue weighted by Gasteiger charge is 2.30. The molecule has 0 fully saturated rings. The van der Waals surface area contributed by atoms with Crippen LogP contribution in [0.1, 0.15) is 31.8 Å². The van der Waals surface area contributed by atoms with Crippen molar-refractivity contribution in [2.45, 2.75) is 12.8 Å². The van der Waals surface area contributed by atoms with Crippen molar-refractivity contribution in [1.82, 2.24) is 0 Å². The molecule has 0 spiro atoms. The van der Waals surface area contributed by atoms with Crippen LogP contribution in [0.4, 0.5) is 5.69 Å². The second-order valence-corrected chi connectivity index (χ2v) is 5.94. The molecule has 2 aliphatic rings. The molecule has 1 amide bonds. The van der Waals surface area contributed by atoms with Gasteiger partial charge in [0.2, 0.25) is 0 Å². The Bertz CT molecular complexity index is 825. The molecular formula is C19H17NO5. The fraction of sp³-hybridized carbons (Fsp3) is 0.263. The molecule has 0 saturated carbocycles. The third-order valence-corrected chi connectivity index (χ3v) is 4.44. The zero-order valence-electron chi connectivity index (χ0n) is 13.8. The van der Waals surface area contributed by atoms with E-state index in [4.69, 9.17) is 9.47 Å². The quantitative estimate of drug-likeness (QED) is 0.870. The van der Waals surface area contributed by atoms with E-state index >= 15 is 0 Å². The number of esters is 1. The summed E-state index contributed by atoms with van der Waals surface area (Å²) in [6, 6.07) is 8.55. The first-order valence-electron chi connectivity index (χ1n) is 8.11. The van der Waals surface area contributed by atoms with Gasteiger partial charge in [-0.25, -0.2) is 4.79 Å². The summed E-state index contributed by atoms with van der Waals surface area (Å²) in [7, 11) is 1.33. The van der Waals surface area contributed by atoms with E-state index in [-0.39, 0.29) is 5.91 Å². The highest BCUT2D eigenvalue weighted by Crippen LogP contribution is 2.40. The molecule has 0 bridgehead atoms. The lowest BCUT2D eigenvalue weighted by Crippen LogP contribution is -2.15. The Labute approximate surface area is 144 Å². The Kier molecular flexibility index (Phi) is 3.80. The van der Waals surface area contributed by atoms with Crippen LogP contribution >= 0.6 is 0 Å². The molecule has 2 aliphatic heterocycles. The van der Waals surface area contributed by atoms with Crippen LogP contribution in [-0.2, 0) is 17.6 Å². The first kappa shape index (κ1) is 15.5. The molecule has 0 radical (unpaired) electrons. The van der Waals surface area contributed by atoms with Gasteiger partial charge >= 0.3 is 5.97 Å². The van der Waals surface area contributed by atoms with Crippen LogP contribution in [0.5, 0.6) is 11.5 Å². The number of nitrogens with one attached hydrogen (secondary N) is 1. The summed E-state index contributed by atoms with van der Waals surface area (Å²) < 4.78 is 16.0. The third kappa shape index (κ3) is 2.69. The monoisotopic (exact) mass is 339 g/mol. The smallest absolute Gasteiger partial charge is 0.337 e. The number of anilines is 1. The number of carbonyl (C=O) groups excluding carboxylic acids is 2. The number of hydrogen-bond donors (Lipinski definition) is 1. The molecule has 0 aromatic heterocycles. The molecule has 0 atom stereocenters. The van der Waals surface area contributed by atoms with Crippen molar-refractivity contribution in [3.8, 4) is 11.5 Å².